The minimum Gasteiger partial charge on any atom is -0.301 e. The van der Waals surface area contributed by atoms with Crippen LogP contribution in [0.4, 0.5) is 0 Å². The molecule has 0 aromatic rings. The van der Waals surface area contributed by atoms with Crippen LogP contribution in [0.25, 0.3) is 0 Å². The Kier molecular flexibility index (Phi) is 3.58. The lowest BCUT2D eigenvalue weighted by molar-refractivity contribution is -0.138. The maximum atomic E-state index is 12.2. The summed E-state index contributed by atoms with van der Waals surface area (Å²) in [6.07, 6.45) is 4.79. The fourth-order valence-corrected chi connectivity index (χ4v) is 3.81. The van der Waals surface area contributed by atoms with Gasteiger partial charge in [0, 0.05) is 25.2 Å². The highest BCUT2D eigenvalue weighted by Gasteiger charge is 2.43. The van der Waals surface area contributed by atoms with Crippen LogP contribution in [0.5, 0.6) is 0 Å². The fraction of sp³-hybridized carbons (Fsp3) is 0.857. The van der Waals surface area contributed by atoms with Gasteiger partial charge in [0.2, 0.25) is 11.8 Å². The largest absolute Gasteiger partial charge is 0.301 e. The third kappa shape index (κ3) is 2.30. The molecule has 1 N–H and O–H groups in total. The molecule has 5 heteroatoms. The van der Waals surface area contributed by atoms with Crippen LogP contribution in [0.1, 0.15) is 39.0 Å². The summed E-state index contributed by atoms with van der Waals surface area (Å²) < 4.78 is 0. The van der Waals surface area contributed by atoms with Crippen LogP contribution < -0.4 is 5.32 Å². The number of nitrogens with zero attached hydrogens (tertiary/aromatic N) is 2. The Labute approximate surface area is 114 Å². The second kappa shape index (κ2) is 5.21. The van der Waals surface area contributed by atoms with Crippen molar-refractivity contribution in [1.29, 1.82) is 0 Å². The van der Waals surface area contributed by atoms with E-state index in [1.807, 2.05) is 6.92 Å². The van der Waals surface area contributed by atoms with Gasteiger partial charge >= 0.3 is 0 Å². The standard InChI is InChI=1S/C14H23N3O2/c1-2-6-17-13(18)9-11(14(17)19)15-10-5-8-16-7-3-4-12(10)16/h10-12,15H,2-9H2,1H3. The monoisotopic (exact) mass is 265 g/mol. The van der Waals surface area contributed by atoms with Crippen LogP contribution in [0.2, 0.25) is 0 Å². The number of carbonyl (C=O) groups excluding carboxylic acids is 2. The van der Waals surface area contributed by atoms with Crippen molar-refractivity contribution in [2.24, 2.45) is 0 Å². The molecule has 19 heavy (non-hydrogen) atoms. The van der Waals surface area contributed by atoms with E-state index in [9.17, 15) is 9.59 Å². The molecule has 3 unspecified atom stereocenters. The zero-order chi connectivity index (χ0) is 13.4. The highest BCUT2D eigenvalue weighted by atomic mass is 16.2. The SMILES string of the molecule is CCCN1C(=O)CC(NC2CCN3CCCC23)C1=O. The van der Waals surface area contributed by atoms with Crippen molar-refractivity contribution in [2.45, 2.75) is 57.2 Å². The predicted octanol–water partition coefficient (Wildman–Crippen LogP) is 0.350. The number of nitrogens with one attached hydrogen (secondary N) is 1. The highest BCUT2D eigenvalue weighted by molar-refractivity contribution is 6.05. The van der Waals surface area contributed by atoms with E-state index in [1.54, 1.807) is 0 Å². The molecule has 3 fully saturated rings. The number of imide groups is 1. The average molecular weight is 265 g/mol. The van der Waals surface area contributed by atoms with Gasteiger partial charge in [-0.05, 0) is 32.2 Å². The van der Waals surface area contributed by atoms with E-state index < -0.39 is 0 Å². The molecule has 0 aromatic heterocycles. The van der Waals surface area contributed by atoms with E-state index in [1.165, 1.54) is 24.3 Å². The Balaban J connectivity index is 1.61. The van der Waals surface area contributed by atoms with Gasteiger partial charge < -0.3 is 5.32 Å². The summed E-state index contributed by atoms with van der Waals surface area (Å²) in [5.74, 6) is -0.0195. The van der Waals surface area contributed by atoms with Crippen molar-refractivity contribution >= 4 is 11.8 Å². The van der Waals surface area contributed by atoms with Gasteiger partial charge in [-0.3, -0.25) is 19.4 Å². The summed E-state index contributed by atoms with van der Waals surface area (Å²) in [5.41, 5.74) is 0. The van der Waals surface area contributed by atoms with E-state index in [2.05, 4.69) is 10.2 Å². The number of likely N-dealkylation sites (tertiary alicyclic amines) is 1. The van der Waals surface area contributed by atoms with Crippen LogP contribution in [0.15, 0.2) is 0 Å². The van der Waals surface area contributed by atoms with Crippen molar-refractivity contribution in [2.75, 3.05) is 19.6 Å². The van der Waals surface area contributed by atoms with Gasteiger partial charge in [0.05, 0.1) is 12.5 Å². The summed E-state index contributed by atoms with van der Waals surface area (Å²) in [6, 6.07) is 0.707. The Morgan fingerprint density at radius 1 is 1.26 bits per heavy atom. The molecule has 3 heterocycles. The minimum atomic E-state index is -0.274. The fourth-order valence-electron chi connectivity index (χ4n) is 3.81. The molecule has 3 aliphatic rings. The molecule has 2 amide bonds. The predicted molar refractivity (Wildman–Crippen MR) is 71.6 cm³/mol. The second-order valence-corrected chi connectivity index (χ2v) is 5.95. The molecule has 0 radical (unpaired) electrons. The number of hydrogen-bond donors (Lipinski definition) is 1. The van der Waals surface area contributed by atoms with Crippen molar-refractivity contribution in [3.8, 4) is 0 Å². The molecule has 0 aromatic carbocycles. The van der Waals surface area contributed by atoms with Gasteiger partial charge in [0.25, 0.3) is 0 Å². The number of rotatable bonds is 4. The summed E-state index contributed by atoms with van der Waals surface area (Å²) in [4.78, 5) is 28.0. The maximum Gasteiger partial charge on any atom is 0.246 e. The third-order valence-corrected chi connectivity index (χ3v) is 4.71. The van der Waals surface area contributed by atoms with Gasteiger partial charge in [-0.2, -0.15) is 0 Å². The average Bonchev–Trinajstić information content (AvgIpc) is 3.03. The number of fused-ring (bicyclic) bond motifs is 1. The van der Waals surface area contributed by atoms with Gasteiger partial charge in [0.15, 0.2) is 0 Å². The van der Waals surface area contributed by atoms with Crippen molar-refractivity contribution in [3.05, 3.63) is 0 Å². The number of amides is 2. The number of carbonyl (C=O) groups is 2. The van der Waals surface area contributed by atoms with E-state index in [0.717, 1.165) is 19.4 Å². The molecule has 3 atom stereocenters. The Hall–Kier alpha value is -0.940. The molecule has 0 bridgehead atoms. The van der Waals surface area contributed by atoms with Crippen molar-refractivity contribution in [3.63, 3.8) is 0 Å². The normalized spacial score (nSPS) is 35.4. The smallest absolute Gasteiger partial charge is 0.246 e. The summed E-state index contributed by atoms with van der Waals surface area (Å²) >= 11 is 0. The molecule has 0 spiro atoms. The first kappa shape index (κ1) is 13.1. The lowest BCUT2D eigenvalue weighted by atomic mass is 10.0. The zero-order valence-corrected chi connectivity index (χ0v) is 11.6. The molecule has 3 rings (SSSR count). The van der Waals surface area contributed by atoms with Gasteiger partial charge in [-0.1, -0.05) is 6.92 Å². The first-order valence-corrected chi connectivity index (χ1v) is 7.55. The third-order valence-electron chi connectivity index (χ3n) is 4.71. The van der Waals surface area contributed by atoms with Gasteiger partial charge in [-0.25, -0.2) is 0 Å². The molecule has 106 valence electrons. The van der Waals surface area contributed by atoms with Crippen molar-refractivity contribution in [1.82, 2.24) is 15.1 Å². The summed E-state index contributed by atoms with van der Waals surface area (Å²) in [5, 5.41) is 3.46. The Morgan fingerprint density at radius 2 is 2.11 bits per heavy atom. The van der Waals surface area contributed by atoms with E-state index in [4.69, 9.17) is 0 Å². The Bertz CT molecular complexity index is 385. The van der Waals surface area contributed by atoms with E-state index >= 15 is 0 Å². The highest BCUT2D eigenvalue weighted by Crippen LogP contribution is 2.29. The summed E-state index contributed by atoms with van der Waals surface area (Å²) in [6.45, 7) is 4.89. The lowest BCUT2D eigenvalue weighted by Gasteiger charge is -2.24. The van der Waals surface area contributed by atoms with Crippen LogP contribution >= 0.6 is 0 Å². The maximum absolute atomic E-state index is 12.2. The molecule has 0 aliphatic carbocycles. The quantitative estimate of drug-likeness (QED) is 0.745. The first-order valence-electron chi connectivity index (χ1n) is 7.55. The zero-order valence-electron chi connectivity index (χ0n) is 11.6. The summed E-state index contributed by atoms with van der Waals surface area (Å²) in [7, 11) is 0. The molecule has 0 saturated carbocycles. The van der Waals surface area contributed by atoms with Crippen LogP contribution in [0.3, 0.4) is 0 Å². The first-order chi connectivity index (χ1) is 9.20. The molecule has 3 saturated heterocycles. The van der Waals surface area contributed by atoms with Crippen molar-refractivity contribution < 1.29 is 9.59 Å². The van der Waals surface area contributed by atoms with Gasteiger partial charge in [-0.15, -0.1) is 0 Å². The van der Waals surface area contributed by atoms with Crippen LogP contribution in [-0.2, 0) is 9.59 Å². The van der Waals surface area contributed by atoms with Gasteiger partial charge in [0.1, 0.15) is 0 Å². The second-order valence-electron chi connectivity index (χ2n) is 5.95. The number of hydrogen-bond acceptors (Lipinski definition) is 4. The van der Waals surface area contributed by atoms with E-state index in [0.29, 0.717) is 25.0 Å². The van der Waals surface area contributed by atoms with E-state index in [-0.39, 0.29) is 17.9 Å². The minimum absolute atomic E-state index is 0.00868. The molecular weight excluding hydrogens is 242 g/mol. The topological polar surface area (TPSA) is 52.7 Å². The van der Waals surface area contributed by atoms with Crippen LogP contribution in [-0.4, -0.2) is 59.4 Å². The lowest BCUT2D eigenvalue weighted by Crippen LogP contribution is -2.48. The van der Waals surface area contributed by atoms with Crippen LogP contribution in [0, 0.1) is 0 Å². The molecule has 5 nitrogen and oxygen atoms in total. The Morgan fingerprint density at radius 3 is 2.89 bits per heavy atom. The molecular formula is C14H23N3O2. The molecule has 3 aliphatic heterocycles.